The van der Waals surface area contributed by atoms with Gasteiger partial charge in [0.2, 0.25) is 0 Å². The summed E-state index contributed by atoms with van der Waals surface area (Å²) in [7, 11) is 0. The minimum Gasteiger partial charge on any atom is -0.351 e. The standard InChI is InChI=1S/C3H4Cl2O/c4-1-2-3(5)6-2/h2-3H,1H2/t2-,3+/m0/s1. The van der Waals surface area contributed by atoms with E-state index in [0.29, 0.717) is 5.88 Å². The van der Waals surface area contributed by atoms with Crippen LogP contribution in [0.1, 0.15) is 0 Å². The third-order valence-corrected chi connectivity index (χ3v) is 1.36. The molecule has 1 heterocycles. The van der Waals surface area contributed by atoms with E-state index in [1.807, 2.05) is 0 Å². The number of hydrogen-bond acceptors (Lipinski definition) is 1. The lowest BCUT2D eigenvalue weighted by molar-refractivity contribution is 0.413. The number of halogens is 2. The van der Waals surface area contributed by atoms with E-state index in [4.69, 9.17) is 27.9 Å². The molecular weight excluding hydrogens is 123 g/mol. The van der Waals surface area contributed by atoms with Gasteiger partial charge in [-0.3, -0.25) is 0 Å². The molecule has 0 aliphatic carbocycles. The zero-order chi connectivity index (χ0) is 4.57. The largest absolute Gasteiger partial charge is 0.351 e. The Bertz CT molecular complexity index is 54.8. The van der Waals surface area contributed by atoms with Crippen molar-refractivity contribution in [3.63, 3.8) is 0 Å². The molecule has 1 fully saturated rings. The Kier molecular flexibility index (Phi) is 1.22. The molecular formula is C3H4Cl2O. The van der Waals surface area contributed by atoms with Gasteiger partial charge in [-0.25, -0.2) is 0 Å². The van der Waals surface area contributed by atoms with E-state index in [1.54, 1.807) is 0 Å². The van der Waals surface area contributed by atoms with E-state index in [2.05, 4.69) is 0 Å². The van der Waals surface area contributed by atoms with Crippen LogP contribution in [0.3, 0.4) is 0 Å². The second-order valence-corrected chi connectivity index (χ2v) is 1.92. The maximum Gasteiger partial charge on any atom is 0.159 e. The van der Waals surface area contributed by atoms with E-state index >= 15 is 0 Å². The predicted molar refractivity (Wildman–Crippen MR) is 25.2 cm³/mol. The van der Waals surface area contributed by atoms with Crippen LogP contribution < -0.4 is 0 Å². The first kappa shape index (κ1) is 4.69. The van der Waals surface area contributed by atoms with Gasteiger partial charge < -0.3 is 4.74 Å². The highest BCUT2D eigenvalue weighted by Gasteiger charge is 2.35. The zero-order valence-corrected chi connectivity index (χ0v) is 4.54. The molecule has 1 aliphatic heterocycles. The number of rotatable bonds is 1. The smallest absolute Gasteiger partial charge is 0.159 e. The van der Waals surface area contributed by atoms with Crippen LogP contribution in [0.5, 0.6) is 0 Å². The first-order chi connectivity index (χ1) is 2.84. The van der Waals surface area contributed by atoms with Gasteiger partial charge in [0, 0.05) is 0 Å². The van der Waals surface area contributed by atoms with Crippen molar-refractivity contribution in [2.24, 2.45) is 0 Å². The van der Waals surface area contributed by atoms with Crippen molar-refractivity contribution in [2.75, 3.05) is 5.88 Å². The maximum atomic E-state index is 5.35. The summed E-state index contributed by atoms with van der Waals surface area (Å²) in [5.41, 5.74) is -0.0949. The average Bonchev–Trinajstić information content (AvgIpc) is 2.19. The van der Waals surface area contributed by atoms with Gasteiger partial charge in [0.1, 0.15) is 6.10 Å². The minimum absolute atomic E-state index is 0.0949. The molecule has 6 heavy (non-hydrogen) atoms. The Morgan fingerprint density at radius 3 is 2.17 bits per heavy atom. The lowest BCUT2D eigenvalue weighted by atomic mass is 10.6. The van der Waals surface area contributed by atoms with Crippen LogP contribution in [0.4, 0.5) is 0 Å². The van der Waals surface area contributed by atoms with Gasteiger partial charge in [-0.1, -0.05) is 11.6 Å². The van der Waals surface area contributed by atoms with Crippen LogP contribution in [0, 0.1) is 0 Å². The summed E-state index contributed by atoms with van der Waals surface area (Å²) in [6.07, 6.45) is 0.133. The fraction of sp³-hybridized carbons (Fsp3) is 1.00. The molecule has 0 aromatic rings. The molecule has 0 unspecified atom stereocenters. The SMILES string of the molecule is ClC[C@@H]1O[C@H]1Cl. The molecule has 0 saturated carbocycles. The molecule has 1 nitrogen and oxygen atoms in total. The van der Waals surface area contributed by atoms with Crippen molar-refractivity contribution in [3.05, 3.63) is 0 Å². The highest BCUT2D eigenvalue weighted by Crippen LogP contribution is 2.25. The number of ether oxygens (including phenoxy) is 1. The first-order valence-electron chi connectivity index (χ1n) is 1.70. The molecule has 0 radical (unpaired) electrons. The molecule has 0 spiro atoms. The first-order valence-corrected chi connectivity index (χ1v) is 2.67. The fourth-order valence-corrected chi connectivity index (χ4v) is 0.775. The second kappa shape index (κ2) is 1.57. The summed E-state index contributed by atoms with van der Waals surface area (Å²) in [4.78, 5) is 0. The van der Waals surface area contributed by atoms with Crippen LogP contribution >= 0.6 is 23.2 Å². The third kappa shape index (κ3) is 0.780. The monoisotopic (exact) mass is 126 g/mol. The molecule has 0 amide bonds. The topological polar surface area (TPSA) is 12.5 Å². The lowest BCUT2D eigenvalue weighted by Crippen LogP contribution is -1.85. The molecule has 2 atom stereocenters. The van der Waals surface area contributed by atoms with Gasteiger partial charge in [0.15, 0.2) is 5.56 Å². The Morgan fingerprint density at radius 1 is 1.67 bits per heavy atom. The van der Waals surface area contributed by atoms with Gasteiger partial charge >= 0.3 is 0 Å². The molecule has 1 rings (SSSR count). The van der Waals surface area contributed by atoms with E-state index < -0.39 is 0 Å². The van der Waals surface area contributed by atoms with Gasteiger partial charge in [0.25, 0.3) is 0 Å². The van der Waals surface area contributed by atoms with Crippen molar-refractivity contribution in [1.82, 2.24) is 0 Å². The maximum absolute atomic E-state index is 5.35. The van der Waals surface area contributed by atoms with E-state index in [-0.39, 0.29) is 11.7 Å². The molecule has 0 bridgehead atoms. The summed E-state index contributed by atoms with van der Waals surface area (Å²) >= 11 is 10.6. The molecule has 1 aliphatic rings. The van der Waals surface area contributed by atoms with Crippen molar-refractivity contribution in [2.45, 2.75) is 11.7 Å². The summed E-state index contributed by atoms with van der Waals surface area (Å²) in [6, 6.07) is 0. The average molecular weight is 127 g/mol. The van der Waals surface area contributed by atoms with Crippen LogP contribution in [-0.2, 0) is 4.74 Å². The van der Waals surface area contributed by atoms with E-state index in [0.717, 1.165) is 0 Å². The number of alkyl halides is 2. The highest BCUT2D eigenvalue weighted by molar-refractivity contribution is 6.23. The normalized spacial score (nSPS) is 43.0. The zero-order valence-electron chi connectivity index (χ0n) is 3.03. The Balaban J connectivity index is 2.09. The van der Waals surface area contributed by atoms with Crippen LogP contribution in [0.15, 0.2) is 0 Å². The number of hydrogen-bond donors (Lipinski definition) is 0. The molecule has 36 valence electrons. The summed E-state index contributed by atoms with van der Waals surface area (Å²) in [5, 5.41) is 0. The molecule has 3 heteroatoms. The van der Waals surface area contributed by atoms with Crippen molar-refractivity contribution in [3.8, 4) is 0 Å². The number of epoxide rings is 1. The quantitative estimate of drug-likeness (QED) is 0.380. The van der Waals surface area contributed by atoms with Crippen molar-refractivity contribution < 1.29 is 4.74 Å². The van der Waals surface area contributed by atoms with Crippen LogP contribution in [0.25, 0.3) is 0 Å². The van der Waals surface area contributed by atoms with Gasteiger partial charge in [-0.2, -0.15) is 0 Å². The van der Waals surface area contributed by atoms with E-state index in [9.17, 15) is 0 Å². The van der Waals surface area contributed by atoms with Gasteiger partial charge in [0.05, 0.1) is 5.88 Å². The molecule has 0 aromatic heterocycles. The Labute approximate surface area is 46.2 Å². The fourth-order valence-electron chi connectivity index (χ4n) is 0.228. The predicted octanol–water partition coefficient (Wildman–Crippen LogP) is 1.19. The van der Waals surface area contributed by atoms with E-state index in [1.165, 1.54) is 0 Å². The van der Waals surface area contributed by atoms with Gasteiger partial charge in [-0.05, 0) is 0 Å². The van der Waals surface area contributed by atoms with Gasteiger partial charge in [-0.15, -0.1) is 11.6 Å². The molecule has 1 saturated heterocycles. The highest BCUT2D eigenvalue weighted by atomic mass is 35.5. The second-order valence-electron chi connectivity index (χ2n) is 1.18. The summed E-state index contributed by atoms with van der Waals surface area (Å²) < 4.78 is 4.70. The Morgan fingerprint density at radius 2 is 2.17 bits per heavy atom. The van der Waals surface area contributed by atoms with Crippen LogP contribution in [0.2, 0.25) is 0 Å². The van der Waals surface area contributed by atoms with Crippen molar-refractivity contribution in [1.29, 1.82) is 0 Å². The third-order valence-electron chi connectivity index (χ3n) is 0.673. The Hall–Kier alpha value is 0.540. The molecule has 0 N–H and O–H groups in total. The molecule has 0 aromatic carbocycles. The summed E-state index contributed by atoms with van der Waals surface area (Å²) in [6.45, 7) is 0. The summed E-state index contributed by atoms with van der Waals surface area (Å²) in [5.74, 6) is 0.522. The lowest BCUT2D eigenvalue weighted by Gasteiger charge is -1.68. The van der Waals surface area contributed by atoms with Crippen molar-refractivity contribution >= 4 is 23.2 Å². The van der Waals surface area contributed by atoms with Crippen LogP contribution in [-0.4, -0.2) is 17.5 Å². The minimum atomic E-state index is -0.0949.